The summed E-state index contributed by atoms with van der Waals surface area (Å²) < 4.78 is 5.12. The maximum atomic E-state index is 11.9. The van der Waals surface area contributed by atoms with E-state index < -0.39 is 5.97 Å². The monoisotopic (exact) mass is 286 g/mol. The number of carbonyl (C=O) groups excluding carboxylic acids is 1. The lowest BCUT2D eigenvalue weighted by atomic mass is 10.1. The molecule has 2 aromatic rings. The maximum Gasteiger partial charge on any atom is 0.335 e. The summed E-state index contributed by atoms with van der Waals surface area (Å²) in [6, 6.07) is 8.10. The van der Waals surface area contributed by atoms with E-state index in [1.165, 1.54) is 12.1 Å². The second-order valence-electron chi connectivity index (χ2n) is 5.08. The largest absolute Gasteiger partial charge is 0.478 e. The van der Waals surface area contributed by atoms with Gasteiger partial charge in [0.1, 0.15) is 5.76 Å². The second-order valence-corrected chi connectivity index (χ2v) is 5.08. The molecule has 0 saturated heterocycles. The van der Waals surface area contributed by atoms with Crippen molar-refractivity contribution in [3.05, 3.63) is 52.9 Å². The molecular formula is C15H14N2O4. The van der Waals surface area contributed by atoms with E-state index in [1.54, 1.807) is 18.2 Å². The fourth-order valence-corrected chi connectivity index (χ4v) is 2.04. The van der Waals surface area contributed by atoms with Gasteiger partial charge >= 0.3 is 5.97 Å². The summed E-state index contributed by atoms with van der Waals surface area (Å²) >= 11 is 0. The average Bonchev–Trinajstić information content (AvgIpc) is 3.22. The molecule has 0 unspecified atom stereocenters. The number of hydrogen-bond donors (Lipinski definition) is 2. The topological polar surface area (TPSA) is 92.4 Å². The highest BCUT2D eigenvalue weighted by Gasteiger charge is 2.28. The van der Waals surface area contributed by atoms with Crippen molar-refractivity contribution in [1.82, 2.24) is 10.5 Å². The van der Waals surface area contributed by atoms with Gasteiger partial charge in [-0.25, -0.2) is 4.79 Å². The molecule has 0 aliphatic heterocycles. The third kappa shape index (κ3) is 3.10. The van der Waals surface area contributed by atoms with Gasteiger partial charge in [-0.1, -0.05) is 17.3 Å². The quantitative estimate of drug-likeness (QED) is 0.878. The Morgan fingerprint density at radius 3 is 2.86 bits per heavy atom. The molecule has 1 aliphatic rings. The van der Waals surface area contributed by atoms with Gasteiger partial charge in [0.05, 0.1) is 5.56 Å². The van der Waals surface area contributed by atoms with E-state index in [9.17, 15) is 9.59 Å². The third-order valence-corrected chi connectivity index (χ3v) is 3.37. The number of aromatic carboxylic acids is 1. The molecule has 6 heteroatoms. The first-order valence-corrected chi connectivity index (χ1v) is 6.70. The molecular weight excluding hydrogens is 272 g/mol. The standard InChI is InChI=1S/C15H14N2O4/c18-14(12-7-13(21-17-12)10-4-5-10)16-8-9-2-1-3-11(6-9)15(19)20/h1-3,6-7,10H,4-5,8H2,(H,16,18)(H,19,20). The zero-order chi connectivity index (χ0) is 14.8. The van der Waals surface area contributed by atoms with Crippen molar-refractivity contribution >= 4 is 11.9 Å². The number of benzene rings is 1. The molecule has 2 N–H and O–H groups in total. The first-order valence-electron chi connectivity index (χ1n) is 6.70. The predicted molar refractivity (Wildman–Crippen MR) is 73.0 cm³/mol. The molecule has 1 aromatic carbocycles. The molecule has 1 amide bonds. The minimum Gasteiger partial charge on any atom is -0.478 e. The highest BCUT2D eigenvalue weighted by atomic mass is 16.5. The summed E-state index contributed by atoms with van der Waals surface area (Å²) in [5, 5.41) is 15.4. The van der Waals surface area contributed by atoms with Crippen LogP contribution in [0.2, 0.25) is 0 Å². The lowest BCUT2D eigenvalue weighted by Crippen LogP contribution is -2.23. The van der Waals surface area contributed by atoms with Gasteiger partial charge in [0.2, 0.25) is 0 Å². The number of aromatic nitrogens is 1. The van der Waals surface area contributed by atoms with Crippen LogP contribution in [-0.4, -0.2) is 22.1 Å². The number of hydrogen-bond acceptors (Lipinski definition) is 4. The molecule has 108 valence electrons. The number of nitrogens with zero attached hydrogens (tertiary/aromatic N) is 1. The van der Waals surface area contributed by atoms with Crippen molar-refractivity contribution in [3.8, 4) is 0 Å². The molecule has 3 rings (SSSR count). The van der Waals surface area contributed by atoms with E-state index in [-0.39, 0.29) is 23.7 Å². The summed E-state index contributed by atoms with van der Waals surface area (Å²) in [4.78, 5) is 22.8. The number of rotatable bonds is 5. The molecule has 0 bridgehead atoms. The van der Waals surface area contributed by atoms with Crippen LogP contribution in [0, 0.1) is 0 Å². The van der Waals surface area contributed by atoms with Crippen LogP contribution in [0.4, 0.5) is 0 Å². The highest BCUT2D eigenvalue weighted by Crippen LogP contribution is 2.40. The molecule has 1 fully saturated rings. The number of carboxylic acid groups (broad SMARTS) is 1. The SMILES string of the molecule is O=C(O)c1cccc(CNC(=O)c2cc(C3CC3)on2)c1. The van der Waals surface area contributed by atoms with Crippen molar-refractivity contribution in [2.75, 3.05) is 0 Å². The number of amides is 1. The molecule has 1 heterocycles. The lowest BCUT2D eigenvalue weighted by Gasteiger charge is -2.04. The van der Waals surface area contributed by atoms with Gasteiger partial charge in [-0.05, 0) is 30.5 Å². The first-order chi connectivity index (χ1) is 10.1. The van der Waals surface area contributed by atoms with Crippen LogP contribution in [0.3, 0.4) is 0 Å². The molecule has 1 aliphatic carbocycles. The van der Waals surface area contributed by atoms with E-state index in [2.05, 4.69) is 10.5 Å². The molecule has 0 spiro atoms. The smallest absolute Gasteiger partial charge is 0.335 e. The van der Waals surface area contributed by atoms with Crippen molar-refractivity contribution in [3.63, 3.8) is 0 Å². The summed E-state index contributed by atoms with van der Waals surface area (Å²) in [7, 11) is 0. The Balaban J connectivity index is 1.62. The fraction of sp³-hybridized carbons (Fsp3) is 0.267. The first kappa shape index (κ1) is 13.4. The maximum absolute atomic E-state index is 11.9. The summed E-state index contributed by atoms with van der Waals surface area (Å²) in [6.45, 7) is 0.242. The Labute approximate surface area is 120 Å². The summed E-state index contributed by atoms with van der Waals surface area (Å²) in [6.07, 6.45) is 2.16. The van der Waals surface area contributed by atoms with Crippen LogP contribution in [0.15, 0.2) is 34.9 Å². The summed E-state index contributed by atoms with van der Waals surface area (Å²) in [5.74, 6) is -0.153. The number of carbonyl (C=O) groups is 2. The van der Waals surface area contributed by atoms with Crippen LogP contribution in [0.5, 0.6) is 0 Å². The molecule has 6 nitrogen and oxygen atoms in total. The fourth-order valence-electron chi connectivity index (χ4n) is 2.04. The minimum atomic E-state index is -0.992. The van der Waals surface area contributed by atoms with Crippen LogP contribution in [0.1, 0.15) is 50.9 Å². The Kier molecular flexibility index (Phi) is 3.43. The Hall–Kier alpha value is -2.63. The lowest BCUT2D eigenvalue weighted by molar-refractivity contribution is 0.0696. The highest BCUT2D eigenvalue weighted by molar-refractivity contribution is 5.92. The van der Waals surface area contributed by atoms with Gasteiger partial charge < -0.3 is 14.9 Å². The van der Waals surface area contributed by atoms with E-state index in [0.717, 1.165) is 18.6 Å². The van der Waals surface area contributed by atoms with Crippen molar-refractivity contribution < 1.29 is 19.2 Å². The number of carboxylic acids is 1. The van der Waals surface area contributed by atoms with Crippen LogP contribution in [-0.2, 0) is 6.54 Å². The van der Waals surface area contributed by atoms with Gasteiger partial charge in [0.15, 0.2) is 5.69 Å². The predicted octanol–water partition coefficient (Wildman–Crippen LogP) is 2.18. The van der Waals surface area contributed by atoms with Crippen LogP contribution >= 0.6 is 0 Å². The van der Waals surface area contributed by atoms with E-state index >= 15 is 0 Å². The molecule has 1 aromatic heterocycles. The molecule has 0 radical (unpaired) electrons. The van der Waals surface area contributed by atoms with E-state index in [4.69, 9.17) is 9.63 Å². The molecule has 0 atom stereocenters. The van der Waals surface area contributed by atoms with Gasteiger partial charge in [0.25, 0.3) is 5.91 Å². The molecule has 1 saturated carbocycles. The Morgan fingerprint density at radius 1 is 1.33 bits per heavy atom. The van der Waals surface area contributed by atoms with Gasteiger partial charge in [0, 0.05) is 18.5 Å². The average molecular weight is 286 g/mol. The van der Waals surface area contributed by atoms with Gasteiger partial charge in [-0.2, -0.15) is 0 Å². The van der Waals surface area contributed by atoms with Gasteiger partial charge in [-0.3, -0.25) is 4.79 Å². The normalized spacial score (nSPS) is 13.9. The Morgan fingerprint density at radius 2 is 2.14 bits per heavy atom. The van der Waals surface area contributed by atoms with Crippen molar-refractivity contribution in [1.29, 1.82) is 0 Å². The van der Waals surface area contributed by atoms with Gasteiger partial charge in [-0.15, -0.1) is 0 Å². The van der Waals surface area contributed by atoms with E-state index in [1.807, 2.05) is 0 Å². The number of nitrogens with one attached hydrogen (secondary N) is 1. The van der Waals surface area contributed by atoms with E-state index in [0.29, 0.717) is 11.5 Å². The van der Waals surface area contributed by atoms with Crippen LogP contribution < -0.4 is 5.32 Å². The third-order valence-electron chi connectivity index (χ3n) is 3.37. The van der Waals surface area contributed by atoms with Crippen LogP contribution in [0.25, 0.3) is 0 Å². The minimum absolute atomic E-state index is 0.194. The summed E-state index contributed by atoms with van der Waals surface area (Å²) in [5.41, 5.74) is 1.17. The van der Waals surface area contributed by atoms with Crippen molar-refractivity contribution in [2.24, 2.45) is 0 Å². The molecule has 21 heavy (non-hydrogen) atoms. The Bertz CT molecular complexity index is 688. The van der Waals surface area contributed by atoms with Crippen molar-refractivity contribution in [2.45, 2.75) is 25.3 Å². The zero-order valence-electron chi connectivity index (χ0n) is 11.2. The zero-order valence-corrected chi connectivity index (χ0v) is 11.2. The second kappa shape index (κ2) is 5.40.